The second kappa shape index (κ2) is 4.90. The first-order valence-electron chi connectivity index (χ1n) is 6.09. The van der Waals surface area contributed by atoms with Gasteiger partial charge in [0.15, 0.2) is 5.82 Å². The number of hydrogen-bond donors (Lipinski definition) is 0. The Labute approximate surface area is 126 Å². The van der Waals surface area contributed by atoms with Crippen molar-refractivity contribution in [2.75, 3.05) is 0 Å². The lowest BCUT2D eigenvalue weighted by Crippen LogP contribution is -2.21. The highest BCUT2D eigenvalue weighted by Gasteiger charge is 2.11. The number of fused-ring (bicyclic) bond motifs is 1. The molecule has 0 unspecified atom stereocenters. The van der Waals surface area contributed by atoms with Crippen LogP contribution < -0.4 is 5.56 Å². The standard InChI is InChI=1S/C13H8N4O2S2/c18-13-9-2-4-21-12(9)14-7-17(13)5-10-15-11(19-16-10)8-1-3-20-6-8/h1-4,6-7H,5H2. The predicted molar refractivity (Wildman–Crippen MR) is 80.6 cm³/mol. The topological polar surface area (TPSA) is 73.8 Å². The van der Waals surface area contributed by atoms with E-state index in [0.29, 0.717) is 17.1 Å². The fourth-order valence-corrected chi connectivity index (χ4v) is 3.33. The molecule has 4 rings (SSSR count). The van der Waals surface area contributed by atoms with Gasteiger partial charge in [-0.15, -0.1) is 11.3 Å². The van der Waals surface area contributed by atoms with Crippen molar-refractivity contribution in [2.45, 2.75) is 6.54 Å². The van der Waals surface area contributed by atoms with Crippen LogP contribution in [0, 0.1) is 0 Å². The highest BCUT2D eigenvalue weighted by Crippen LogP contribution is 2.20. The summed E-state index contributed by atoms with van der Waals surface area (Å²) in [6, 6.07) is 3.69. The summed E-state index contributed by atoms with van der Waals surface area (Å²) < 4.78 is 6.69. The summed E-state index contributed by atoms with van der Waals surface area (Å²) in [6.45, 7) is 0.241. The maximum atomic E-state index is 12.3. The summed E-state index contributed by atoms with van der Waals surface area (Å²) in [5.41, 5.74) is 0.792. The first kappa shape index (κ1) is 12.4. The summed E-state index contributed by atoms with van der Waals surface area (Å²) in [5, 5.41) is 10.3. The van der Waals surface area contributed by atoms with Crippen LogP contribution in [-0.4, -0.2) is 19.7 Å². The fraction of sp³-hybridized carbons (Fsp3) is 0.0769. The molecule has 8 heteroatoms. The van der Waals surface area contributed by atoms with Gasteiger partial charge in [-0.25, -0.2) is 4.98 Å². The molecule has 4 aromatic rings. The van der Waals surface area contributed by atoms with E-state index in [-0.39, 0.29) is 12.1 Å². The van der Waals surface area contributed by atoms with Gasteiger partial charge in [0.2, 0.25) is 0 Å². The molecule has 0 fully saturated rings. The van der Waals surface area contributed by atoms with E-state index >= 15 is 0 Å². The Bertz CT molecular complexity index is 952. The van der Waals surface area contributed by atoms with Gasteiger partial charge in [-0.3, -0.25) is 9.36 Å². The molecule has 6 nitrogen and oxygen atoms in total. The molecule has 0 radical (unpaired) electrons. The van der Waals surface area contributed by atoms with E-state index in [0.717, 1.165) is 10.4 Å². The molecule has 0 bridgehead atoms. The Morgan fingerprint density at radius 3 is 3.10 bits per heavy atom. The molecular weight excluding hydrogens is 308 g/mol. The zero-order valence-electron chi connectivity index (χ0n) is 10.6. The molecule has 0 aliphatic carbocycles. The van der Waals surface area contributed by atoms with Gasteiger partial charge in [0.25, 0.3) is 11.4 Å². The third-order valence-electron chi connectivity index (χ3n) is 3.00. The van der Waals surface area contributed by atoms with Gasteiger partial charge in [-0.05, 0) is 22.9 Å². The monoisotopic (exact) mass is 316 g/mol. The van der Waals surface area contributed by atoms with Crippen LogP contribution in [0.4, 0.5) is 0 Å². The van der Waals surface area contributed by atoms with E-state index in [1.54, 1.807) is 17.4 Å². The van der Waals surface area contributed by atoms with Gasteiger partial charge in [0.05, 0.1) is 23.8 Å². The van der Waals surface area contributed by atoms with Crippen molar-refractivity contribution >= 4 is 32.9 Å². The molecule has 0 aromatic carbocycles. The summed E-state index contributed by atoms with van der Waals surface area (Å²) in [5.74, 6) is 0.915. The number of thiophene rings is 2. The van der Waals surface area contributed by atoms with Crippen molar-refractivity contribution in [3.05, 3.63) is 50.8 Å². The third-order valence-corrected chi connectivity index (χ3v) is 4.50. The fourth-order valence-electron chi connectivity index (χ4n) is 1.98. The third kappa shape index (κ3) is 2.18. The van der Waals surface area contributed by atoms with E-state index in [1.807, 2.05) is 22.2 Å². The molecule has 0 amide bonds. The van der Waals surface area contributed by atoms with Gasteiger partial charge >= 0.3 is 0 Å². The van der Waals surface area contributed by atoms with E-state index in [4.69, 9.17) is 4.52 Å². The highest BCUT2D eigenvalue weighted by atomic mass is 32.1. The number of hydrogen-bond acceptors (Lipinski definition) is 7. The molecule has 0 aliphatic heterocycles. The molecule has 0 atom stereocenters. The lowest BCUT2D eigenvalue weighted by Gasteiger charge is -2.00. The van der Waals surface area contributed by atoms with Crippen LogP contribution in [0.3, 0.4) is 0 Å². The second-order valence-corrected chi connectivity index (χ2v) is 6.02. The van der Waals surface area contributed by atoms with E-state index in [1.165, 1.54) is 22.2 Å². The molecule has 0 N–H and O–H groups in total. The maximum Gasteiger partial charge on any atom is 0.262 e. The van der Waals surface area contributed by atoms with Crippen molar-refractivity contribution in [1.82, 2.24) is 19.7 Å². The minimum absolute atomic E-state index is 0.0943. The van der Waals surface area contributed by atoms with Crippen LogP contribution in [0.1, 0.15) is 5.82 Å². The average molecular weight is 316 g/mol. The molecule has 0 saturated heterocycles. The zero-order chi connectivity index (χ0) is 14.2. The predicted octanol–water partition coefficient (Wildman–Crippen LogP) is 2.62. The first-order valence-corrected chi connectivity index (χ1v) is 7.91. The molecule has 4 aromatic heterocycles. The van der Waals surface area contributed by atoms with Crippen LogP contribution >= 0.6 is 22.7 Å². The van der Waals surface area contributed by atoms with Gasteiger partial charge in [-0.2, -0.15) is 16.3 Å². The minimum atomic E-state index is -0.0943. The van der Waals surface area contributed by atoms with Crippen LogP contribution in [0.5, 0.6) is 0 Å². The first-order chi connectivity index (χ1) is 10.3. The van der Waals surface area contributed by atoms with Crippen molar-refractivity contribution in [3.8, 4) is 11.5 Å². The van der Waals surface area contributed by atoms with Crippen molar-refractivity contribution in [1.29, 1.82) is 0 Å². The molecule has 21 heavy (non-hydrogen) atoms. The lowest BCUT2D eigenvalue weighted by molar-refractivity contribution is 0.420. The van der Waals surface area contributed by atoms with Crippen LogP contribution in [0.15, 0.2) is 43.9 Å². The number of aromatic nitrogens is 4. The smallest absolute Gasteiger partial charge is 0.262 e. The average Bonchev–Trinajstić information content (AvgIpc) is 3.21. The van der Waals surface area contributed by atoms with Gasteiger partial charge in [-0.1, -0.05) is 5.16 Å². The van der Waals surface area contributed by atoms with Crippen LogP contribution in [0.2, 0.25) is 0 Å². The van der Waals surface area contributed by atoms with Crippen molar-refractivity contribution in [2.24, 2.45) is 0 Å². The molecule has 0 saturated carbocycles. The Kier molecular flexibility index (Phi) is 2.90. The zero-order valence-corrected chi connectivity index (χ0v) is 12.2. The largest absolute Gasteiger partial charge is 0.334 e. The minimum Gasteiger partial charge on any atom is -0.334 e. The van der Waals surface area contributed by atoms with Crippen molar-refractivity contribution in [3.63, 3.8) is 0 Å². The van der Waals surface area contributed by atoms with E-state index in [2.05, 4.69) is 15.1 Å². The van der Waals surface area contributed by atoms with Gasteiger partial charge in [0.1, 0.15) is 4.83 Å². The second-order valence-electron chi connectivity index (χ2n) is 4.34. The molecule has 104 valence electrons. The molecular formula is C13H8N4O2S2. The number of rotatable bonds is 3. The Hall–Kier alpha value is -2.32. The Balaban J connectivity index is 1.68. The Morgan fingerprint density at radius 1 is 1.29 bits per heavy atom. The van der Waals surface area contributed by atoms with Crippen LogP contribution in [-0.2, 0) is 6.54 Å². The van der Waals surface area contributed by atoms with Crippen molar-refractivity contribution < 1.29 is 4.52 Å². The molecule has 0 spiro atoms. The lowest BCUT2D eigenvalue weighted by atomic mass is 10.3. The number of nitrogens with zero attached hydrogens (tertiary/aromatic N) is 4. The maximum absolute atomic E-state index is 12.3. The normalized spacial score (nSPS) is 11.2. The van der Waals surface area contributed by atoms with Gasteiger partial charge in [0, 0.05) is 5.38 Å². The Morgan fingerprint density at radius 2 is 2.24 bits per heavy atom. The summed E-state index contributed by atoms with van der Waals surface area (Å²) in [4.78, 5) is 21.6. The summed E-state index contributed by atoms with van der Waals surface area (Å²) in [7, 11) is 0. The van der Waals surface area contributed by atoms with E-state index in [9.17, 15) is 4.79 Å². The summed E-state index contributed by atoms with van der Waals surface area (Å²) >= 11 is 3.01. The van der Waals surface area contributed by atoms with Crippen LogP contribution in [0.25, 0.3) is 21.7 Å². The SMILES string of the molecule is O=c1c2ccsc2ncn1Cc1noc(-c2ccsc2)n1. The molecule has 0 aliphatic rings. The quantitative estimate of drug-likeness (QED) is 0.581. The summed E-state index contributed by atoms with van der Waals surface area (Å²) in [6.07, 6.45) is 1.52. The van der Waals surface area contributed by atoms with Gasteiger partial charge < -0.3 is 4.52 Å². The highest BCUT2D eigenvalue weighted by molar-refractivity contribution is 7.16. The molecule has 4 heterocycles. The van der Waals surface area contributed by atoms with E-state index < -0.39 is 0 Å².